The highest BCUT2D eigenvalue weighted by Crippen LogP contribution is 2.29. The van der Waals surface area contributed by atoms with E-state index in [4.69, 9.17) is 5.41 Å². The van der Waals surface area contributed by atoms with E-state index in [0.717, 1.165) is 37.2 Å². The molecule has 2 heterocycles. The van der Waals surface area contributed by atoms with E-state index in [1.54, 1.807) is 6.92 Å². The number of nitrogens with one attached hydrogen (secondary N) is 4. The van der Waals surface area contributed by atoms with Crippen LogP contribution < -0.4 is 16.0 Å². The van der Waals surface area contributed by atoms with Crippen LogP contribution in [0.5, 0.6) is 0 Å². The molecule has 24 heavy (non-hydrogen) atoms. The molecule has 6 heteroatoms. The summed E-state index contributed by atoms with van der Waals surface area (Å²) in [6.07, 6.45) is 3.04. The summed E-state index contributed by atoms with van der Waals surface area (Å²) in [5.41, 5.74) is 3.35. The third kappa shape index (κ3) is 3.64. The number of hydrogen-bond acceptors (Lipinski definition) is 5. The molecule has 1 unspecified atom stereocenters. The predicted octanol–water partition coefficient (Wildman–Crippen LogP) is 1.76. The average Bonchev–Trinajstić information content (AvgIpc) is 2.58. The largest absolute Gasteiger partial charge is 0.373 e. The van der Waals surface area contributed by atoms with Crippen molar-refractivity contribution in [3.8, 4) is 0 Å². The number of piperidine rings is 2. The molecule has 4 N–H and O–H groups in total. The first-order valence-corrected chi connectivity index (χ1v) is 8.55. The lowest BCUT2D eigenvalue weighted by molar-refractivity contribution is -0.133. The monoisotopic (exact) mass is 328 g/mol. The van der Waals surface area contributed by atoms with Gasteiger partial charge in [0.25, 0.3) is 0 Å². The quantitative estimate of drug-likeness (QED) is 0.500. The van der Waals surface area contributed by atoms with Crippen molar-refractivity contribution in [3.63, 3.8) is 0 Å². The van der Waals surface area contributed by atoms with Crippen LogP contribution in [-0.2, 0) is 9.59 Å². The van der Waals surface area contributed by atoms with Crippen molar-refractivity contribution in [2.75, 3.05) is 18.4 Å². The van der Waals surface area contributed by atoms with Crippen molar-refractivity contribution in [1.82, 2.24) is 10.6 Å². The molecule has 2 saturated heterocycles. The molecular formula is C18H24N4O2. The first kappa shape index (κ1) is 16.6. The van der Waals surface area contributed by atoms with Gasteiger partial charge in [0.2, 0.25) is 11.8 Å². The Morgan fingerprint density at radius 2 is 1.96 bits per heavy atom. The van der Waals surface area contributed by atoms with Gasteiger partial charge in [-0.05, 0) is 62.9 Å². The van der Waals surface area contributed by atoms with Crippen molar-refractivity contribution >= 4 is 23.2 Å². The van der Waals surface area contributed by atoms with E-state index in [0.29, 0.717) is 24.5 Å². The summed E-state index contributed by atoms with van der Waals surface area (Å²) in [6, 6.07) is 5.71. The maximum atomic E-state index is 11.9. The Balaban J connectivity index is 1.81. The van der Waals surface area contributed by atoms with Gasteiger partial charge in [0.15, 0.2) is 0 Å². The summed E-state index contributed by atoms with van der Waals surface area (Å²) in [7, 11) is 0. The summed E-state index contributed by atoms with van der Waals surface area (Å²) in [6.45, 7) is 3.82. The van der Waals surface area contributed by atoms with Crippen molar-refractivity contribution in [1.29, 1.82) is 5.41 Å². The molecule has 6 nitrogen and oxygen atoms in total. The van der Waals surface area contributed by atoms with Gasteiger partial charge in [0.05, 0.1) is 0 Å². The lowest BCUT2D eigenvalue weighted by Crippen LogP contribution is -2.47. The number of carbonyl (C=O) groups is 2. The summed E-state index contributed by atoms with van der Waals surface area (Å²) >= 11 is 0. The first-order valence-electron chi connectivity index (χ1n) is 8.55. The number of anilines is 1. The van der Waals surface area contributed by atoms with Crippen LogP contribution in [0, 0.1) is 5.41 Å². The Bertz CT molecular complexity index is 665. The minimum atomic E-state index is -0.425. The van der Waals surface area contributed by atoms with Crippen molar-refractivity contribution in [2.24, 2.45) is 0 Å². The number of rotatable bonds is 4. The molecule has 0 radical (unpaired) electrons. The molecule has 3 rings (SSSR count). The van der Waals surface area contributed by atoms with Gasteiger partial charge >= 0.3 is 0 Å². The molecule has 0 saturated carbocycles. The van der Waals surface area contributed by atoms with Crippen LogP contribution in [0.4, 0.5) is 5.69 Å². The van der Waals surface area contributed by atoms with E-state index < -0.39 is 6.04 Å². The Kier molecular flexibility index (Phi) is 4.94. The smallest absolute Gasteiger partial charge is 0.249 e. The predicted molar refractivity (Wildman–Crippen MR) is 93.6 cm³/mol. The maximum absolute atomic E-state index is 11.9. The summed E-state index contributed by atoms with van der Waals surface area (Å²) < 4.78 is 0. The molecule has 0 aromatic heterocycles. The van der Waals surface area contributed by atoms with Crippen LogP contribution >= 0.6 is 0 Å². The minimum Gasteiger partial charge on any atom is -0.373 e. The molecule has 1 atom stereocenters. The highest BCUT2D eigenvalue weighted by Gasteiger charge is 2.27. The standard InChI is InChI=1S/C18H24N4O2/c1-11(19)14-10-13(12-6-8-20-9-7-12)2-3-15(14)21-16-4-5-17(23)22-18(16)24/h2-3,10,12,16,19-21H,4-9H2,1H3,(H,22,23,24). The van der Waals surface area contributed by atoms with Gasteiger partial charge in [0, 0.05) is 23.4 Å². The zero-order valence-corrected chi connectivity index (χ0v) is 13.9. The SMILES string of the molecule is CC(=N)c1cc(C2CCNCC2)ccc1NC1CCC(=O)NC1=O. The number of carbonyl (C=O) groups excluding carboxylic acids is 2. The summed E-state index contributed by atoms with van der Waals surface area (Å²) in [5.74, 6) is 0.0130. The molecule has 2 amide bonds. The van der Waals surface area contributed by atoms with Crippen LogP contribution in [0.1, 0.15) is 49.7 Å². The number of benzene rings is 1. The van der Waals surface area contributed by atoms with Gasteiger partial charge < -0.3 is 16.0 Å². The van der Waals surface area contributed by atoms with Gasteiger partial charge in [-0.1, -0.05) is 6.07 Å². The highest BCUT2D eigenvalue weighted by atomic mass is 16.2. The van der Waals surface area contributed by atoms with Gasteiger partial charge in [-0.3, -0.25) is 14.9 Å². The van der Waals surface area contributed by atoms with E-state index in [1.807, 2.05) is 6.07 Å². The average molecular weight is 328 g/mol. The van der Waals surface area contributed by atoms with Crippen LogP contribution in [0.25, 0.3) is 0 Å². The molecule has 2 aliphatic heterocycles. The molecular weight excluding hydrogens is 304 g/mol. The van der Waals surface area contributed by atoms with E-state index in [1.165, 1.54) is 5.56 Å². The maximum Gasteiger partial charge on any atom is 0.249 e. The molecule has 0 spiro atoms. The van der Waals surface area contributed by atoms with E-state index >= 15 is 0 Å². The normalized spacial score (nSPS) is 22.1. The minimum absolute atomic E-state index is 0.220. The fraction of sp³-hybridized carbons (Fsp3) is 0.500. The number of imide groups is 1. The third-order valence-electron chi connectivity index (χ3n) is 4.83. The van der Waals surface area contributed by atoms with Crippen molar-refractivity contribution in [2.45, 2.75) is 44.6 Å². The fourth-order valence-corrected chi connectivity index (χ4v) is 3.43. The van der Waals surface area contributed by atoms with Crippen LogP contribution in [0.2, 0.25) is 0 Å². The molecule has 1 aromatic rings. The van der Waals surface area contributed by atoms with Crippen LogP contribution in [0.3, 0.4) is 0 Å². The van der Waals surface area contributed by atoms with E-state index in [-0.39, 0.29) is 11.8 Å². The Morgan fingerprint density at radius 1 is 1.21 bits per heavy atom. The zero-order valence-electron chi connectivity index (χ0n) is 13.9. The Labute approximate surface area is 141 Å². The van der Waals surface area contributed by atoms with Crippen molar-refractivity contribution in [3.05, 3.63) is 29.3 Å². The van der Waals surface area contributed by atoms with Gasteiger partial charge in [0.1, 0.15) is 6.04 Å². The van der Waals surface area contributed by atoms with Gasteiger partial charge in [-0.2, -0.15) is 0 Å². The number of hydrogen-bond donors (Lipinski definition) is 4. The molecule has 2 fully saturated rings. The second kappa shape index (κ2) is 7.13. The third-order valence-corrected chi connectivity index (χ3v) is 4.83. The second-order valence-corrected chi connectivity index (χ2v) is 6.60. The second-order valence-electron chi connectivity index (χ2n) is 6.60. The van der Waals surface area contributed by atoms with Crippen LogP contribution in [0.15, 0.2) is 18.2 Å². The lowest BCUT2D eigenvalue weighted by Gasteiger charge is -2.26. The molecule has 1 aromatic carbocycles. The molecule has 2 aliphatic rings. The summed E-state index contributed by atoms with van der Waals surface area (Å²) in [5, 5.41) is 17.0. The topological polar surface area (TPSA) is 94.1 Å². The zero-order chi connectivity index (χ0) is 17.1. The van der Waals surface area contributed by atoms with Gasteiger partial charge in [-0.15, -0.1) is 0 Å². The molecule has 0 aliphatic carbocycles. The highest BCUT2D eigenvalue weighted by molar-refractivity contribution is 6.04. The lowest BCUT2D eigenvalue weighted by atomic mass is 9.88. The van der Waals surface area contributed by atoms with E-state index in [9.17, 15) is 9.59 Å². The molecule has 0 bridgehead atoms. The Morgan fingerprint density at radius 3 is 2.62 bits per heavy atom. The number of amides is 2. The van der Waals surface area contributed by atoms with Crippen LogP contribution in [-0.4, -0.2) is 36.7 Å². The summed E-state index contributed by atoms with van der Waals surface area (Å²) in [4.78, 5) is 23.2. The van der Waals surface area contributed by atoms with E-state index in [2.05, 4.69) is 28.1 Å². The van der Waals surface area contributed by atoms with Crippen molar-refractivity contribution < 1.29 is 9.59 Å². The first-order chi connectivity index (χ1) is 11.5. The fourth-order valence-electron chi connectivity index (χ4n) is 3.43. The molecule has 128 valence electrons. The Hall–Kier alpha value is -2.21. The van der Waals surface area contributed by atoms with Gasteiger partial charge in [-0.25, -0.2) is 0 Å².